The lowest BCUT2D eigenvalue weighted by atomic mass is 10.0. The van der Waals surface area contributed by atoms with E-state index in [4.69, 9.17) is 0 Å². The van der Waals surface area contributed by atoms with E-state index in [2.05, 4.69) is 25.6 Å². The molecule has 1 aromatic rings. The van der Waals surface area contributed by atoms with Crippen molar-refractivity contribution in [2.24, 2.45) is 0 Å². The van der Waals surface area contributed by atoms with Gasteiger partial charge in [-0.3, -0.25) is 0 Å². The Hall–Kier alpha value is -0.950. The van der Waals surface area contributed by atoms with Gasteiger partial charge in [-0.1, -0.05) is 26.0 Å². The normalized spacial score (nSPS) is 22.4. The molecular weight excluding hydrogens is 310 g/mol. The largest absolute Gasteiger partial charge is 0.328 e. The van der Waals surface area contributed by atoms with Gasteiger partial charge in [0.15, 0.2) is 0 Å². The first kappa shape index (κ1) is 18.4. The highest BCUT2D eigenvalue weighted by Crippen LogP contribution is 2.17. The molecule has 0 aromatic heterocycles. The zero-order chi connectivity index (χ0) is 16.9. The van der Waals surface area contributed by atoms with Crippen molar-refractivity contribution in [2.45, 2.75) is 31.1 Å². The third kappa shape index (κ3) is 5.57. The first-order valence-electron chi connectivity index (χ1n) is 8.63. The molecular formula is C17H31N3O2S+2. The number of rotatable bonds is 7. The molecule has 1 aliphatic heterocycles. The summed E-state index contributed by atoms with van der Waals surface area (Å²) in [6.45, 7) is 10.6. The highest BCUT2D eigenvalue weighted by atomic mass is 32.2. The van der Waals surface area contributed by atoms with E-state index in [0.717, 1.165) is 18.5 Å². The van der Waals surface area contributed by atoms with Gasteiger partial charge in [-0.05, 0) is 23.6 Å². The monoisotopic (exact) mass is 341 g/mol. The highest BCUT2D eigenvalue weighted by Gasteiger charge is 2.19. The molecule has 0 amide bonds. The van der Waals surface area contributed by atoms with Gasteiger partial charge in [-0.15, -0.1) is 0 Å². The zero-order valence-electron chi connectivity index (χ0n) is 14.6. The van der Waals surface area contributed by atoms with E-state index >= 15 is 0 Å². The SMILES string of the molecule is CC(C)c1ccc(S(=O)(=O)NCCC[NH+]2CC[NH+](C)CC2)cc1. The molecule has 1 heterocycles. The van der Waals surface area contributed by atoms with Crippen LogP contribution < -0.4 is 14.5 Å². The average Bonchev–Trinajstić information content (AvgIpc) is 2.53. The van der Waals surface area contributed by atoms with Gasteiger partial charge in [0.1, 0.15) is 26.2 Å². The van der Waals surface area contributed by atoms with Crippen molar-refractivity contribution in [3.63, 3.8) is 0 Å². The number of nitrogens with one attached hydrogen (secondary N) is 3. The van der Waals surface area contributed by atoms with Crippen LogP contribution in [0.1, 0.15) is 31.7 Å². The fourth-order valence-corrected chi connectivity index (χ4v) is 4.01. The number of hydrogen-bond acceptors (Lipinski definition) is 2. The number of hydrogen-bond donors (Lipinski definition) is 3. The minimum absolute atomic E-state index is 0.359. The number of benzene rings is 1. The minimum atomic E-state index is -3.38. The minimum Gasteiger partial charge on any atom is -0.328 e. The summed E-state index contributed by atoms with van der Waals surface area (Å²) in [5.41, 5.74) is 1.16. The maximum Gasteiger partial charge on any atom is 0.240 e. The van der Waals surface area contributed by atoms with Crippen molar-refractivity contribution in [3.05, 3.63) is 29.8 Å². The molecule has 1 saturated heterocycles. The second kappa shape index (κ2) is 8.24. The predicted molar refractivity (Wildman–Crippen MR) is 92.5 cm³/mol. The molecule has 1 aromatic carbocycles. The third-order valence-electron chi connectivity index (χ3n) is 4.67. The molecule has 0 bridgehead atoms. The Kier molecular flexibility index (Phi) is 6.59. The van der Waals surface area contributed by atoms with Crippen LogP contribution in [0.25, 0.3) is 0 Å². The lowest BCUT2D eigenvalue weighted by Crippen LogP contribution is -3.27. The molecule has 1 aliphatic rings. The van der Waals surface area contributed by atoms with E-state index in [0.29, 0.717) is 17.4 Å². The van der Waals surface area contributed by atoms with Gasteiger partial charge >= 0.3 is 0 Å². The number of quaternary nitrogens is 2. The topological polar surface area (TPSA) is 55.0 Å². The van der Waals surface area contributed by atoms with E-state index < -0.39 is 10.0 Å². The molecule has 0 spiro atoms. The van der Waals surface area contributed by atoms with Crippen LogP contribution in [-0.2, 0) is 10.0 Å². The maximum atomic E-state index is 12.3. The molecule has 0 radical (unpaired) electrons. The smallest absolute Gasteiger partial charge is 0.240 e. The Labute approximate surface area is 140 Å². The Balaban J connectivity index is 1.77. The van der Waals surface area contributed by atoms with E-state index in [1.165, 1.54) is 26.2 Å². The first-order chi connectivity index (χ1) is 10.9. The van der Waals surface area contributed by atoms with E-state index in [1.807, 2.05) is 12.1 Å². The van der Waals surface area contributed by atoms with Crippen LogP contribution in [0.5, 0.6) is 0 Å². The number of likely N-dealkylation sites (N-methyl/N-ethyl adjacent to an activating group) is 1. The number of sulfonamides is 1. The highest BCUT2D eigenvalue weighted by molar-refractivity contribution is 7.89. The fraction of sp³-hybridized carbons (Fsp3) is 0.647. The maximum absolute atomic E-state index is 12.3. The molecule has 130 valence electrons. The van der Waals surface area contributed by atoms with Gasteiger partial charge in [-0.2, -0.15) is 0 Å². The first-order valence-corrected chi connectivity index (χ1v) is 10.1. The Bertz CT molecular complexity index is 576. The second-order valence-corrected chi connectivity index (χ2v) is 8.70. The summed E-state index contributed by atoms with van der Waals surface area (Å²) in [7, 11) is -1.15. The van der Waals surface area contributed by atoms with Crippen LogP contribution in [-0.4, -0.2) is 54.7 Å². The molecule has 2 rings (SSSR count). The predicted octanol–water partition coefficient (Wildman–Crippen LogP) is -1.11. The standard InChI is InChI=1S/C17H29N3O2S/c1-15(2)16-5-7-17(8-6-16)23(21,22)18-9-4-10-20-13-11-19(3)12-14-20/h5-8,15,18H,4,9-14H2,1-3H3/p+2. The molecule has 0 atom stereocenters. The van der Waals surface area contributed by atoms with Crippen LogP contribution in [0, 0.1) is 0 Å². The van der Waals surface area contributed by atoms with Gasteiger partial charge < -0.3 is 9.80 Å². The van der Waals surface area contributed by atoms with E-state index in [-0.39, 0.29) is 0 Å². The third-order valence-corrected chi connectivity index (χ3v) is 6.14. The summed E-state index contributed by atoms with van der Waals surface area (Å²) in [6.07, 6.45) is 0.887. The van der Waals surface area contributed by atoms with Crippen molar-refractivity contribution in [2.75, 3.05) is 46.3 Å². The van der Waals surface area contributed by atoms with Crippen molar-refractivity contribution in [1.82, 2.24) is 4.72 Å². The summed E-state index contributed by atoms with van der Waals surface area (Å²) < 4.78 is 27.3. The van der Waals surface area contributed by atoms with Crippen LogP contribution in [0.3, 0.4) is 0 Å². The summed E-state index contributed by atoms with van der Waals surface area (Å²) in [6, 6.07) is 7.20. The molecule has 0 saturated carbocycles. The Morgan fingerprint density at radius 1 is 1.09 bits per heavy atom. The van der Waals surface area contributed by atoms with Crippen molar-refractivity contribution in [1.29, 1.82) is 0 Å². The lowest BCUT2D eigenvalue weighted by molar-refractivity contribution is -1.00. The van der Waals surface area contributed by atoms with Gasteiger partial charge in [-0.25, -0.2) is 13.1 Å². The zero-order valence-corrected chi connectivity index (χ0v) is 15.4. The average molecular weight is 342 g/mol. The van der Waals surface area contributed by atoms with Crippen molar-refractivity contribution >= 4 is 10.0 Å². The lowest BCUT2D eigenvalue weighted by Gasteiger charge is -2.27. The van der Waals surface area contributed by atoms with Gasteiger partial charge in [0.05, 0.1) is 18.5 Å². The summed E-state index contributed by atoms with van der Waals surface area (Å²) in [5.74, 6) is 0.410. The van der Waals surface area contributed by atoms with Crippen LogP contribution in [0.2, 0.25) is 0 Å². The molecule has 5 nitrogen and oxygen atoms in total. The van der Waals surface area contributed by atoms with E-state index in [1.54, 1.807) is 21.9 Å². The Morgan fingerprint density at radius 3 is 2.26 bits per heavy atom. The summed E-state index contributed by atoms with van der Waals surface area (Å²) in [4.78, 5) is 3.55. The van der Waals surface area contributed by atoms with Crippen LogP contribution >= 0.6 is 0 Å². The quantitative estimate of drug-likeness (QED) is 0.551. The van der Waals surface area contributed by atoms with Gasteiger partial charge in [0.2, 0.25) is 10.0 Å². The van der Waals surface area contributed by atoms with Crippen molar-refractivity contribution < 1.29 is 18.2 Å². The molecule has 23 heavy (non-hydrogen) atoms. The van der Waals surface area contributed by atoms with Crippen LogP contribution in [0.15, 0.2) is 29.2 Å². The molecule has 1 fully saturated rings. The van der Waals surface area contributed by atoms with Gasteiger partial charge in [0, 0.05) is 13.0 Å². The molecule has 3 N–H and O–H groups in total. The summed E-state index contributed by atoms with van der Waals surface area (Å²) in [5, 5.41) is 0. The second-order valence-electron chi connectivity index (χ2n) is 6.93. The van der Waals surface area contributed by atoms with Gasteiger partial charge in [0.25, 0.3) is 0 Å². The molecule has 0 unspecified atom stereocenters. The fourth-order valence-electron chi connectivity index (χ4n) is 2.94. The van der Waals surface area contributed by atoms with Crippen molar-refractivity contribution in [3.8, 4) is 0 Å². The summed E-state index contributed by atoms with van der Waals surface area (Å²) >= 11 is 0. The number of piperazine rings is 1. The Morgan fingerprint density at radius 2 is 1.70 bits per heavy atom. The van der Waals surface area contributed by atoms with Crippen LogP contribution in [0.4, 0.5) is 0 Å². The molecule has 6 heteroatoms. The van der Waals surface area contributed by atoms with E-state index in [9.17, 15) is 8.42 Å². The molecule has 0 aliphatic carbocycles.